The molecule has 0 amide bonds. The van der Waals surface area contributed by atoms with E-state index in [2.05, 4.69) is 36.9 Å². The molecule has 1 aliphatic heterocycles. The van der Waals surface area contributed by atoms with Gasteiger partial charge in [0.05, 0.1) is 29.3 Å². The lowest BCUT2D eigenvalue weighted by atomic mass is 10.1. The van der Waals surface area contributed by atoms with Crippen molar-refractivity contribution in [2.45, 2.75) is 26.3 Å². The van der Waals surface area contributed by atoms with Crippen LogP contribution in [0.25, 0.3) is 16.8 Å². The van der Waals surface area contributed by atoms with E-state index in [0.717, 1.165) is 46.9 Å². The van der Waals surface area contributed by atoms with Gasteiger partial charge in [0.1, 0.15) is 18.1 Å². The molecule has 1 unspecified atom stereocenters. The summed E-state index contributed by atoms with van der Waals surface area (Å²) in [6.45, 7) is 5.60. The van der Waals surface area contributed by atoms with Crippen LogP contribution in [0, 0.1) is 13.8 Å². The van der Waals surface area contributed by atoms with Crippen molar-refractivity contribution < 1.29 is 4.74 Å². The van der Waals surface area contributed by atoms with Crippen LogP contribution in [-0.4, -0.2) is 48.6 Å². The van der Waals surface area contributed by atoms with Crippen molar-refractivity contribution in [1.29, 1.82) is 0 Å². The van der Waals surface area contributed by atoms with Crippen molar-refractivity contribution in [2.75, 3.05) is 18.5 Å². The minimum Gasteiger partial charge on any atom is -0.488 e. The molecule has 0 saturated carbocycles. The lowest BCUT2D eigenvalue weighted by molar-refractivity contribution is 0.218. The SMILES string of the molecule is Cc1ncc(Nc2cc3cc(-c4c(OCC5CCN5)cnn4C)ccn3n2)nc1C. The van der Waals surface area contributed by atoms with Crippen molar-refractivity contribution in [1.82, 2.24) is 34.7 Å². The number of pyridine rings is 1. The van der Waals surface area contributed by atoms with Crippen LogP contribution in [0.2, 0.25) is 0 Å². The summed E-state index contributed by atoms with van der Waals surface area (Å²) in [5.41, 5.74) is 4.75. The number of anilines is 2. The highest BCUT2D eigenvalue weighted by Gasteiger charge is 2.19. The number of hydrogen-bond acceptors (Lipinski definition) is 7. The normalized spacial score (nSPS) is 15.9. The molecule has 1 aliphatic rings. The van der Waals surface area contributed by atoms with Gasteiger partial charge in [-0.1, -0.05) is 0 Å². The highest BCUT2D eigenvalue weighted by molar-refractivity contribution is 5.72. The maximum Gasteiger partial charge on any atom is 0.165 e. The molecule has 1 atom stereocenters. The minimum absolute atomic E-state index is 0.428. The maximum atomic E-state index is 6.04. The number of hydrogen-bond donors (Lipinski definition) is 2. The van der Waals surface area contributed by atoms with Crippen molar-refractivity contribution in [3.63, 3.8) is 0 Å². The summed E-state index contributed by atoms with van der Waals surface area (Å²) in [6, 6.07) is 6.51. The Kier molecular flexibility index (Phi) is 4.59. The molecule has 0 aromatic carbocycles. The number of nitrogens with zero attached hydrogens (tertiary/aromatic N) is 6. The predicted molar refractivity (Wildman–Crippen MR) is 114 cm³/mol. The fraction of sp³-hybridized carbons (Fsp3) is 0.333. The first-order valence-electron chi connectivity index (χ1n) is 10.0. The van der Waals surface area contributed by atoms with Gasteiger partial charge in [-0.15, -0.1) is 0 Å². The fourth-order valence-corrected chi connectivity index (χ4v) is 3.47. The van der Waals surface area contributed by atoms with Crippen LogP contribution in [0.1, 0.15) is 17.8 Å². The molecule has 0 aliphatic carbocycles. The Morgan fingerprint density at radius 2 is 2.07 bits per heavy atom. The Balaban J connectivity index is 1.41. The summed E-state index contributed by atoms with van der Waals surface area (Å²) in [6.07, 6.45) is 6.58. The zero-order valence-corrected chi connectivity index (χ0v) is 17.3. The van der Waals surface area contributed by atoms with Crippen molar-refractivity contribution in [3.05, 3.63) is 48.2 Å². The molecule has 9 nitrogen and oxygen atoms in total. The average Bonchev–Trinajstić information content (AvgIpc) is 3.25. The molecule has 0 radical (unpaired) electrons. The smallest absolute Gasteiger partial charge is 0.165 e. The van der Waals surface area contributed by atoms with Crippen LogP contribution >= 0.6 is 0 Å². The third kappa shape index (κ3) is 3.48. The summed E-state index contributed by atoms with van der Waals surface area (Å²) in [5, 5.41) is 15.6. The maximum absolute atomic E-state index is 6.04. The van der Waals surface area contributed by atoms with E-state index in [0.29, 0.717) is 24.3 Å². The number of nitrogens with one attached hydrogen (secondary N) is 2. The average molecular weight is 404 g/mol. The lowest BCUT2D eigenvalue weighted by Gasteiger charge is -2.27. The topological polar surface area (TPSA) is 94.2 Å². The van der Waals surface area contributed by atoms with E-state index in [-0.39, 0.29) is 0 Å². The molecule has 1 fully saturated rings. The van der Waals surface area contributed by atoms with Gasteiger partial charge in [0.2, 0.25) is 0 Å². The molecular formula is C21H24N8O. The van der Waals surface area contributed by atoms with Gasteiger partial charge in [-0.05, 0) is 38.9 Å². The quantitative estimate of drug-likeness (QED) is 0.510. The monoisotopic (exact) mass is 404 g/mol. The molecule has 5 heterocycles. The van der Waals surface area contributed by atoms with E-state index in [4.69, 9.17) is 4.74 Å². The Labute approximate surface area is 174 Å². The van der Waals surface area contributed by atoms with E-state index in [9.17, 15) is 0 Å². The molecule has 4 aromatic heterocycles. The van der Waals surface area contributed by atoms with Crippen molar-refractivity contribution >= 4 is 17.2 Å². The summed E-state index contributed by atoms with van der Waals surface area (Å²) in [4.78, 5) is 8.86. The van der Waals surface area contributed by atoms with E-state index >= 15 is 0 Å². The van der Waals surface area contributed by atoms with Crippen LogP contribution in [0.4, 0.5) is 11.6 Å². The molecule has 0 bridgehead atoms. The Bertz CT molecular complexity index is 1210. The summed E-state index contributed by atoms with van der Waals surface area (Å²) < 4.78 is 9.71. The zero-order chi connectivity index (χ0) is 20.7. The number of aromatic nitrogens is 6. The standard InChI is InChI=1S/C21H24N8O/c1-13-14(2)25-20(11-23-13)26-19-9-17-8-15(5-7-29(17)27-19)21-18(10-24-28(21)3)30-12-16-4-6-22-16/h5,7-11,16,22H,4,6,12H2,1-3H3,(H,25,26,27). The third-order valence-electron chi connectivity index (χ3n) is 5.46. The Morgan fingerprint density at radius 1 is 1.20 bits per heavy atom. The van der Waals surface area contributed by atoms with E-state index in [1.807, 2.05) is 48.4 Å². The van der Waals surface area contributed by atoms with Gasteiger partial charge in [-0.25, -0.2) is 9.50 Å². The number of fused-ring (bicyclic) bond motifs is 1. The summed E-state index contributed by atoms with van der Waals surface area (Å²) >= 11 is 0. The lowest BCUT2D eigenvalue weighted by Crippen LogP contribution is -2.46. The third-order valence-corrected chi connectivity index (χ3v) is 5.46. The summed E-state index contributed by atoms with van der Waals surface area (Å²) in [7, 11) is 1.93. The van der Waals surface area contributed by atoms with Crippen molar-refractivity contribution in [3.8, 4) is 17.0 Å². The highest BCUT2D eigenvalue weighted by atomic mass is 16.5. The van der Waals surface area contributed by atoms with Gasteiger partial charge in [-0.3, -0.25) is 9.67 Å². The van der Waals surface area contributed by atoms with Gasteiger partial charge in [0.15, 0.2) is 11.6 Å². The van der Waals surface area contributed by atoms with Gasteiger partial charge < -0.3 is 15.4 Å². The molecule has 154 valence electrons. The molecule has 0 spiro atoms. The molecule has 1 saturated heterocycles. The second-order valence-electron chi connectivity index (χ2n) is 7.60. The Hall–Kier alpha value is -3.46. The van der Waals surface area contributed by atoms with Gasteiger partial charge >= 0.3 is 0 Å². The first kappa shape index (κ1) is 18.6. The second-order valence-corrected chi connectivity index (χ2v) is 7.60. The first-order chi connectivity index (χ1) is 14.6. The van der Waals surface area contributed by atoms with E-state index in [1.54, 1.807) is 12.4 Å². The largest absolute Gasteiger partial charge is 0.488 e. The zero-order valence-electron chi connectivity index (χ0n) is 17.3. The summed E-state index contributed by atoms with van der Waals surface area (Å²) in [5.74, 6) is 2.18. The molecular weight excluding hydrogens is 380 g/mol. The van der Waals surface area contributed by atoms with Gasteiger partial charge in [-0.2, -0.15) is 10.2 Å². The van der Waals surface area contributed by atoms with E-state index < -0.39 is 0 Å². The van der Waals surface area contributed by atoms with Gasteiger partial charge in [0.25, 0.3) is 0 Å². The van der Waals surface area contributed by atoms with E-state index in [1.165, 1.54) is 0 Å². The fourth-order valence-electron chi connectivity index (χ4n) is 3.47. The van der Waals surface area contributed by atoms with Crippen LogP contribution < -0.4 is 15.4 Å². The number of ether oxygens (including phenoxy) is 1. The van der Waals surface area contributed by atoms with Gasteiger partial charge in [0, 0.05) is 30.9 Å². The van der Waals surface area contributed by atoms with Crippen LogP contribution in [0.3, 0.4) is 0 Å². The molecule has 30 heavy (non-hydrogen) atoms. The molecule has 4 aromatic rings. The van der Waals surface area contributed by atoms with Crippen LogP contribution in [0.15, 0.2) is 36.8 Å². The number of rotatable bonds is 6. The van der Waals surface area contributed by atoms with Crippen LogP contribution in [-0.2, 0) is 7.05 Å². The molecule has 5 rings (SSSR count). The molecule has 9 heteroatoms. The minimum atomic E-state index is 0.428. The molecule has 2 N–H and O–H groups in total. The number of aryl methyl sites for hydroxylation is 3. The Morgan fingerprint density at radius 3 is 2.83 bits per heavy atom. The van der Waals surface area contributed by atoms with Crippen molar-refractivity contribution in [2.24, 2.45) is 7.05 Å². The highest BCUT2D eigenvalue weighted by Crippen LogP contribution is 2.31. The van der Waals surface area contributed by atoms with Crippen LogP contribution in [0.5, 0.6) is 5.75 Å². The predicted octanol–water partition coefficient (Wildman–Crippen LogP) is 2.63. The first-order valence-corrected chi connectivity index (χ1v) is 10.0. The second kappa shape index (κ2) is 7.42.